The van der Waals surface area contributed by atoms with Crippen LogP contribution in [0.1, 0.15) is 38.1 Å². The van der Waals surface area contributed by atoms with Crippen molar-refractivity contribution in [3.63, 3.8) is 0 Å². The SMILES string of the molecule is CCN1CCCC[C@H]1c1nc(-c2ccc3ccccc3c2)no1. The van der Waals surface area contributed by atoms with E-state index >= 15 is 0 Å². The van der Waals surface area contributed by atoms with Gasteiger partial charge in [-0.3, -0.25) is 4.90 Å². The van der Waals surface area contributed by atoms with Crippen LogP contribution in [0.5, 0.6) is 0 Å². The lowest BCUT2D eigenvalue weighted by Crippen LogP contribution is -2.33. The fraction of sp³-hybridized carbons (Fsp3) is 0.368. The van der Waals surface area contributed by atoms with Crippen LogP contribution in [0.25, 0.3) is 22.2 Å². The molecule has 4 rings (SSSR count). The fourth-order valence-corrected chi connectivity index (χ4v) is 3.47. The van der Waals surface area contributed by atoms with Gasteiger partial charge in [0.1, 0.15) is 0 Å². The molecule has 1 aromatic heterocycles. The Morgan fingerprint density at radius 2 is 2.00 bits per heavy atom. The van der Waals surface area contributed by atoms with Gasteiger partial charge in [-0.1, -0.05) is 54.9 Å². The minimum atomic E-state index is 0.274. The predicted octanol–water partition coefficient (Wildman–Crippen LogP) is 4.44. The molecule has 2 heterocycles. The third kappa shape index (κ3) is 2.75. The molecule has 0 spiro atoms. The fourth-order valence-electron chi connectivity index (χ4n) is 3.47. The van der Waals surface area contributed by atoms with E-state index in [0.717, 1.165) is 31.0 Å². The second-order valence-electron chi connectivity index (χ2n) is 6.16. The van der Waals surface area contributed by atoms with Gasteiger partial charge in [-0.2, -0.15) is 4.98 Å². The summed E-state index contributed by atoms with van der Waals surface area (Å²) in [6, 6.07) is 14.9. The van der Waals surface area contributed by atoms with Gasteiger partial charge in [-0.25, -0.2) is 0 Å². The Balaban J connectivity index is 1.66. The van der Waals surface area contributed by atoms with Crippen LogP contribution in [0, 0.1) is 0 Å². The van der Waals surface area contributed by atoms with Crippen molar-refractivity contribution in [3.05, 3.63) is 48.4 Å². The lowest BCUT2D eigenvalue weighted by molar-refractivity contribution is 0.125. The molecule has 1 aliphatic heterocycles. The van der Waals surface area contributed by atoms with E-state index in [4.69, 9.17) is 4.52 Å². The molecule has 0 aliphatic carbocycles. The summed E-state index contributed by atoms with van der Waals surface area (Å²) < 4.78 is 5.60. The number of hydrogen-bond donors (Lipinski definition) is 0. The van der Waals surface area contributed by atoms with Gasteiger partial charge in [-0.15, -0.1) is 0 Å². The summed E-state index contributed by atoms with van der Waals surface area (Å²) in [5, 5.41) is 6.65. The largest absolute Gasteiger partial charge is 0.337 e. The van der Waals surface area contributed by atoms with Crippen LogP contribution in [0.15, 0.2) is 47.0 Å². The Hall–Kier alpha value is -2.20. The summed E-state index contributed by atoms with van der Waals surface area (Å²) in [6.07, 6.45) is 3.60. The Morgan fingerprint density at radius 1 is 1.13 bits per heavy atom. The second kappa shape index (κ2) is 6.13. The molecule has 1 saturated heterocycles. The lowest BCUT2D eigenvalue weighted by atomic mass is 10.0. The van der Waals surface area contributed by atoms with Gasteiger partial charge in [0, 0.05) is 5.56 Å². The molecule has 0 amide bonds. The van der Waals surface area contributed by atoms with Gasteiger partial charge in [0.2, 0.25) is 11.7 Å². The number of rotatable bonds is 3. The van der Waals surface area contributed by atoms with Crippen LogP contribution >= 0.6 is 0 Å². The van der Waals surface area contributed by atoms with Crippen LogP contribution in [-0.4, -0.2) is 28.1 Å². The zero-order chi connectivity index (χ0) is 15.6. The number of likely N-dealkylation sites (tertiary alicyclic amines) is 1. The van der Waals surface area contributed by atoms with Gasteiger partial charge in [0.25, 0.3) is 0 Å². The summed E-state index contributed by atoms with van der Waals surface area (Å²) in [5.41, 5.74) is 1.01. The zero-order valence-corrected chi connectivity index (χ0v) is 13.4. The Labute approximate surface area is 136 Å². The zero-order valence-electron chi connectivity index (χ0n) is 13.4. The Bertz CT molecular complexity index is 811. The number of hydrogen-bond acceptors (Lipinski definition) is 4. The van der Waals surface area contributed by atoms with Crippen molar-refractivity contribution >= 4 is 10.8 Å². The highest BCUT2D eigenvalue weighted by molar-refractivity contribution is 5.86. The lowest BCUT2D eigenvalue weighted by Gasteiger charge is -2.32. The molecule has 0 N–H and O–H groups in total. The summed E-state index contributed by atoms with van der Waals surface area (Å²) in [6.45, 7) is 4.34. The first-order chi connectivity index (χ1) is 11.3. The molecular weight excluding hydrogens is 286 g/mol. The highest BCUT2D eigenvalue weighted by atomic mass is 16.5. The molecule has 0 radical (unpaired) electrons. The van der Waals surface area contributed by atoms with Gasteiger partial charge in [0.15, 0.2) is 0 Å². The van der Waals surface area contributed by atoms with Crippen molar-refractivity contribution < 1.29 is 4.52 Å². The van der Waals surface area contributed by atoms with Crippen molar-refractivity contribution in [3.8, 4) is 11.4 Å². The van der Waals surface area contributed by atoms with Crippen molar-refractivity contribution in [2.24, 2.45) is 0 Å². The number of benzene rings is 2. The molecule has 1 atom stereocenters. The van der Waals surface area contributed by atoms with Crippen LogP contribution in [0.3, 0.4) is 0 Å². The maximum absolute atomic E-state index is 5.60. The van der Waals surface area contributed by atoms with Crippen molar-refractivity contribution in [1.29, 1.82) is 0 Å². The number of aromatic nitrogens is 2. The quantitative estimate of drug-likeness (QED) is 0.717. The average molecular weight is 307 g/mol. The molecule has 4 heteroatoms. The maximum atomic E-state index is 5.60. The Kier molecular flexibility index (Phi) is 3.83. The van der Waals surface area contributed by atoms with Crippen molar-refractivity contribution in [1.82, 2.24) is 15.0 Å². The highest BCUT2D eigenvalue weighted by Crippen LogP contribution is 2.31. The Morgan fingerprint density at radius 3 is 2.87 bits per heavy atom. The van der Waals surface area contributed by atoms with E-state index in [1.807, 2.05) is 0 Å². The predicted molar refractivity (Wildman–Crippen MR) is 91.1 cm³/mol. The van der Waals surface area contributed by atoms with Crippen molar-refractivity contribution in [2.45, 2.75) is 32.2 Å². The second-order valence-corrected chi connectivity index (χ2v) is 6.16. The van der Waals surface area contributed by atoms with Gasteiger partial charge in [-0.05, 0) is 42.8 Å². The third-order valence-corrected chi connectivity index (χ3v) is 4.75. The molecule has 23 heavy (non-hydrogen) atoms. The van der Waals surface area contributed by atoms with Crippen molar-refractivity contribution in [2.75, 3.05) is 13.1 Å². The van der Waals surface area contributed by atoms with Gasteiger partial charge in [0.05, 0.1) is 6.04 Å². The van der Waals surface area contributed by atoms with E-state index in [0.29, 0.717) is 5.82 Å². The third-order valence-electron chi connectivity index (χ3n) is 4.75. The van der Waals surface area contributed by atoms with Crippen LogP contribution in [-0.2, 0) is 0 Å². The van der Waals surface area contributed by atoms with Crippen LogP contribution in [0.2, 0.25) is 0 Å². The molecule has 1 fully saturated rings. The smallest absolute Gasteiger partial charge is 0.244 e. The number of piperidine rings is 1. The first-order valence-electron chi connectivity index (χ1n) is 8.42. The van der Waals surface area contributed by atoms with Crippen LogP contribution < -0.4 is 0 Å². The monoisotopic (exact) mass is 307 g/mol. The van der Waals surface area contributed by atoms with Gasteiger partial charge < -0.3 is 4.52 Å². The molecular formula is C19H21N3O. The molecule has 0 saturated carbocycles. The van der Waals surface area contributed by atoms with E-state index in [1.165, 1.54) is 23.6 Å². The molecule has 1 aliphatic rings. The number of nitrogens with zero attached hydrogens (tertiary/aromatic N) is 3. The highest BCUT2D eigenvalue weighted by Gasteiger charge is 2.27. The average Bonchev–Trinajstić information content (AvgIpc) is 3.11. The molecule has 0 unspecified atom stereocenters. The maximum Gasteiger partial charge on any atom is 0.244 e. The molecule has 2 aromatic carbocycles. The number of fused-ring (bicyclic) bond motifs is 1. The van der Waals surface area contributed by atoms with E-state index in [2.05, 4.69) is 64.4 Å². The minimum Gasteiger partial charge on any atom is -0.337 e. The molecule has 4 nitrogen and oxygen atoms in total. The molecule has 0 bridgehead atoms. The van der Waals surface area contributed by atoms with Gasteiger partial charge >= 0.3 is 0 Å². The summed E-state index contributed by atoms with van der Waals surface area (Å²) in [7, 11) is 0. The van der Waals surface area contributed by atoms with E-state index in [9.17, 15) is 0 Å². The summed E-state index contributed by atoms with van der Waals surface area (Å²) >= 11 is 0. The standard InChI is InChI=1S/C19H21N3O/c1-2-22-12-6-5-9-17(22)19-20-18(21-23-19)16-11-10-14-7-3-4-8-15(14)13-16/h3-4,7-8,10-11,13,17H,2,5-6,9,12H2,1H3/t17-/m0/s1. The summed E-state index contributed by atoms with van der Waals surface area (Å²) in [4.78, 5) is 7.12. The topological polar surface area (TPSA) is 42.2 Å². The first-order valence-corrected chi connectivity index (χ1v) is 8.42. The van der Waals surface area contributed by atoms with E-state index < -0.39 is 0 Å². The summed E-state index contributed by atoms with van der Waals surface area (Å²) in [5.74, 6) is 1.45. The van der Waals surface area contributed by atoms with E-state index in [1.54, 1.807) is 0 Å². The van der Waals surface area contributed by atoms with Crippen LogP contribution in [0.4, 0.5) is 0 Å². The van der Waals surface area contributed by atoms with E-state index in [-0.39, 0.29) is 6.04 Å². The first kappa shape index (κ1) is 14.4. The molecule has 3 aromatic rings. The molecule has 118 valence electrons. The normalized spacial score (nSPS) is 19.3. The minimum absolute atomic E-state index is 0.274.